The Balaban J connectivity index is 2.65. The summed E-state index contributed by atoms with van der Waals surface area (Å²) in [4.78, 5) is 0. The van der Waals surface area contributed by atoms with E-state index in [0.717, 1.165) is 12.1 Å². The number of halogens is 1. The van der Waals surface area contributed by atoms with Crippen molar-refractivity contribution in [3.63, 3.8) is 0 Å². The number of nitrogens with zero attached hydrogens (tertiary/aromatic N) is 1. The zero-order chi connectivity index (χ0) is 11.7. The molecule has 5 nitrogen and oxygen atoms in total. The van der Waals surface area contributed by atoms with Gasteiger partial charge in [-0.25, -0.2) is 4.39 Å². The third-order valence-corrected chi connectivity index (χ3v) is 2.15. The molecule has 3 N–H and O–H groups in total. The van der Waals surface area contributed by atoms with Gasteiger partial charge in [-0.2, -0.15) is 0 Å². The fourth-order valence-corrected chi connectivity index (χ4v) is 1.39. The minimum absolute atomic E-state index is 0.00273. The van der Waals surface area contributed by atoms with E-state index < -0.39 is 5.82 Å². The Morgan fingerprint density at radius 3 is 2.75 bits per heavy atom. The fraction of sp³-hybridized carbons (Fsp3) is 0.100. The molecule has 2 aromatic rings. The number of ether oxygens (including phenoxy) is 1. The highest BCUT2D eigenvalue weighted by Gasteiger charge is 2.16. The molecule has 2 rings (SSSR count). The summed E-state index contributed by atoms with van der Waals surface area (Å²) in [5, 5.41) is 13.2. The molecule has 1 aromatic heterocycles. The lowest BCUT2D eigenvalue weighted by molar-refractivity contribution is 0.371. The van der Waals surface area contributed by atoms with Gasteiger partial charge in [-0.3, -0.25) is 0 Å². The number of aromatic hydroxyl groups is 1. The second kappa shape index (κ2) is 3.73. The molecule has 0 atom stereocenters. The summed E-state index contributed by atoms with van der Waals surface area (Å²) in [7, 11) is 1.33. The van der Waals surface area contributed by atoms with Gasteiger partial charge in [-0.05, 0) is 6.07 Å². The predicted molar refractivity (Wildman–Crippen MR) is 54.5 cm³/mol. The summed E-state index contributed by atoms with van der Waals surface area (Å²) in [6.07, 6.45) is 1.29. The van der Waals surface area contributed by atoms with Crippen molar-refractivity contribution in [1.82, 2.24) is 5.16 Å². The van der Waals surface area contributed by atoms with Crippen LogP contribution in [0.3, 0.4) is 0 Å². The normalized spacial score (nSPS) is 10.4. The molecule has 0 spiro atoms. The molecule has 1 heterocycles. The smallest absolute Gasteiger partial charge is 0.230 e. The Kier molecular flexibility index (Phi) is 2.40. The molecule has 6 heteroatoms. The molecule has 0 saturated heterocycles. The van der Waals surface area contributed by atoms with Gasteiger partial charge in [0.05, 0.1) is 18.9 Å². The van der Waals surface area contributed by atoms with Crippen molar-refractivity contribution < 1.29 is 18.8 Å². The highest BCUT2D eigenvalue weighted by molar-refractivity contribution is 5.79. The number of phenolic OH excluding ortho intramolecular Hbond substituents is 1. The Bertz CT molecular complexity index is 525. The Hall–Kier alpha value is -2.24. The van der Waals surface area contributed by atoms with Crippen molar-refractivity contribution in [2.45, 2.75) is 0 Å². The quantitative estimate of drug-likeness (QED) is 0.812. The summed E-state index contributed by atoms with van der Waals surface area (Å²) < 4.78 is 22.7. The van der Waals surface area contributed by atoms with Gasteiger partial charge in [0.2, 0.25) is 5.88 Å². The highest BCUT2D eigenvalue weighted by atomic mass is 19.1. The van der Waals surface area contributed by atoms with Crippen LogP contribution in [0.15, 0.2) is 22.9 Å². The van der Waals surface area contributed by atoms with Gasteiger partial charge in [0.25, 0.3) is 0 Å². The number of nitrogen functional groups attached to an aromatic ring is 1. The summed E-state index contributed by atoms with van der Waals surface area (Å²) in [5.74, 6) is -0.734. The van der Waals surface area contributed by atoms with Crippen LogP contribution in [0.4, 0.5) is 10.3 Å². The van der Waals surface area contributed by atoms with Crippen molar-refractivity contribution in [1.29, 1.82) is 0 Å². The first-order valence-corrected chi connectivity index (χ1v) is 4.40. The number of aromatic nitrogens is 1. The van der Waals surface area contributed by atoms with E-state index in [9.17, 15) is 9.50 Å². The Morgan fingerprint density at radius 1 is 1.44 bits per heavy atom. The van der Waals surface area contributed by atoms with E-state index in [4.69, 9.17) is 10.5 Å². The molecular formula is C10H9FN2O3. The second-order valence-electron chi connectivity index (χ2n) is 3.11. The number of methoxy groups -OCH3 is 1. The van der Waals surface area contributed by atoms with Crippen LogP contribution in [0.2, 0.25) is 0 Å². The van der Waals surface area contributed by atoms with E-state index in [2.05, 4.69) is 9.68 Å². The maximum atomic E-state index is 13.2. The molecule has 0 aliphatic heterocycles. The Labute approximate surface area is 90.2 Å². The lowest BCUT2D eigenvalue weighted by Gasteiger charge is -2.07. The van der Waals surface area contributed by atoms with Crippen LogP contribution >= 0.6 is 0 Å². The minimum atomic E-state index is -0.551. The number of nitrogens with two attached hydrogens (primary N) is 1. The van der Waals surface area contributed by atoms with Crippen LogP contribution in [0.5, 0.6) is 11.5 Å². The monoisotopic (exact) mass is 224 g/mol. The molecule has 0 aliphatic rings. The van der Waals surface area contributed by atoms with Gasteiger partial charge >= 0.3 is 0 Å². The number of hydrogen-bond acceptors (Lipinski definition) is 5. The highest BCUT2D eigenvalue weighted by Crippen LogP contribution is 2.39. The summed E-state index contributed by atoms with van der Waals surface area (Å²) in [6, 6.07) is 2.20. The van der Waals surface area contributed by atoms with Crippen LogP contribution in [0, 0.1) is 5.82 Å². The van der Waals surface area contributed by atoms with E-state index in [1.54, 1.807) is 0 Å². The molecule has 0 fully saturated rings. The standard InChI is InChI=1S/C10H9FN2O3/c1-15-8-3-5(11)2-6(9(8)14)7-4-13-16-10(7)12/h2-4,14H,12H2,1H3. The van der Waals surface area contributed by atoms with E-state index in [1.165, 1.54) is 13.3 Å². The predicted octanol–water partition coefficient (Wildman–Crippen LogP) is 1.78. The van der Waals surface area contributed by atoms with Crippen LogP contribution < -0.4 is 10.5 Å². The summed E-state index contributed by atoms with van der Waals surface area (Å²) >= 11 is 0. The molecule has 0 amide bonds. The lowest BCUT2D eigenvalue weighted by Crippen LogP contribution is -1.90. The average Bonchev–Trinajstić information content (AvgIpc) is 2.67. The summed E-state index contributed by atoms with van der Waals surface area (Å²) in [5.41, 5.74) is 5.97. The third kappa shape index (κ3) is 1.54. The second-order valence-corrected chi connectivity index (χ2v) is 3.11. The molecule has 16 heavy (non-hydrogen) atoms. The average molecular weight is 224 g/mol. The Morgan fingerprint density at radius 2 is 2.19 bits per heavy atom. The van der Waals surface area contributed by atoms with Gasteiger partial charge in [0, 0.05) is 11.6 Å². The molecule has 1 aromatic carbocycles. The van der Waals surface area contributed by atoms with Crippen LogP contribution in [0.1, 0.15) is 0 Å². The largest absolute Gasteiger partial charge is 0.504 e. The van der Waals surface area contributed by atoms with Crippen LogP contribution in [-0.4, -0.2) is 17.4 Å². The number of anilines is 1. The lowest BCUT2D eigenvalue weighted by atomic mass is 10.1. The third-order valence-electron chi connectivity index (χ3n) is 2.15. The number of hydrogen-bond donors (Lipinski definition) is 2. The molecular weight excluding hydrogens is 215 g/mol. The van der Waals surface area contributed by atoms with Crippen molar-refractivity contribution in [3.05, 3.63) is 24.1 Å². The van der Waals surface area contributed by atoms with E-state index in [1.807, 2.05) is 0 Å². The van der Waals surface area contributed by atoms with Crippen molar-refractivity contribution in [2.75, 3.05) is 12.8 Å². The first kappa shape index (κ1) is 10.3. The fourth-order valence-electron chi connectivity index (χ4n) is 1.39. The topological polar surface area (TPSA) is 81.5 Å². The molecule has 0 saturated carbocycles. The molecule has 0 aliphatic carbocycles. The maximum Gasteiger partial charge on any atom is 0.230 e. The van der Waals surface area contributed by atoms with E-state index in [0.29, 0.717) is 5.56 Å². The van der Waals surface area contributed by atoms with E-state index in [-0.39, 0.29) is 22.9 Å². The van der Waals surface area contributed by atoms with Crippen molar-refractivity contribution in [3.8, 4) is 22.6 Å². The summed E-state index contributed by atoms with van der Waals surface area (Å²) in [6.45, 7) is 0. The minimum Gasteiger partial charge on any atom is -0.504 e. The number of benzene rings is 1. The number of rotatable bonds is 2. The molecule has 0 unspecified atom stereocenters. The van der Waals surface area contributed by atoms with Gasteiger partial charge in [-0.15, -0.1) is 0 Å². The van der Waals surface area contributed by atoms with Gasteiger partial charge in [0.15, 0.2) is 11.5 Å². The first-order chi connectivity index (χ1) is 7.63. The molecule has 0 bridgehead atoms. The van der Waals surface area contributed by atoms with Gasteiger partial charge in [-0.1, -0.05) is 5.16 Å². The zero-order valence-electron chi connectivity index (χ0n) is 8.40. The van der Waals surface area contributed by atoms with Crippen molar-refractivity contribution in [2.24, 2.45) is 0 Å². The maximum absolute atomic E-state index is 13.2. The van der Waals surface area contributed by atoms with Crippen LogP contribution in [0.25, 0.3) is 11.1 Å². The first-order valence-electron chi connectivity index (χ1n) is 4.40. The number of phenols is 1. The zero-order valence-corrected chi connectivity index (χ0v) is 8.40. The van der Waals surface area contributed by atoms with Gasteiger partial charge in [0.1, 0.15) is 5.82 Å². The SMILES string of the molecule is COc1cc(F)cc(-c2cnoc2N)c1O. The van der Waals surface area contributed by atoms with Crippen LogP contribution in [-0.2, 0) is 0 Å². The van der Waals surface area contributed by atoms with E-state index >= 15 is 0 Å². The molecule has 84 valence electrons. The molecule has 0 radical (unpaired) electrons. The van der Waals surface area contributed by atoms with Gasteiger partial charge < -0.3 is 20.1 Å². The van der Waals surface area contributed by atoms with Crippen molar-refractivity contribution >= 4 is 5.88 Å².